The molecular weight excluding hydrogens is 412 g/mol. The minimum Gasteiger partial charge on any atom is -0.268 e. The number of amides is 4. The molecule has 1 aliphatic rings. The average molecular weight is 431 g/mol. The van der Waals surface area contributed by atoms with E-state index in [1.807, 2.05) is 26.0 Å². The van der Waals surface area contributed by atoms with Crippen LogP contribution < -0.4 is 9.80 Å². The topological polar surface area (TPSA) is 57.7 Å². The van der Waals surface area contributed by atoms with Gasteiger partial charge in [-0.2, -0.15) is 0 Å². The van der Waals surface area contributed by atoms with Crippen molar-refractivity contribution in [3.63, 3.8) is 0 Å². The number of anilines is 2. The Morgan fingerprint density at radius 2 is 1.23 bits per heavy atom. The summed E-state index contributed by atoms with van der Waals surface area (Å²) in [7, 11) is 0. The van der Waals surface area contributed by atoms with Crippen LogP contribution in [0.25, 0.3) is 6.08 Å². The summed E-state index contributed by atoms with van der Waals surface area (Å²) in [6.07, 6.45) is 1.44. The summed E-state index contributed by atoms with van der Waals surface area (Å²) in [6, 6.07) is 20.2. The van der Waals surface area contributed by atoms with Gasteiger partial charge in [0.15, 0.2) is 0 Å². The molecule has 3 aromatic carbocycles. The zero-order chi connectivity index (χ0) is 22.1. The van der Waals surface area contributed by atoms with Crippen molar-refractivity contribution in [2.45, 2.75) is 13.8 Å². The van der Waals surface area contributed by atoms with E-state index in [2.05, 4.69) is 0 Å². The Labute approximate surface area is 185 Å². The van der Waals surface area contributed by atoms with E-state index >= 15 is 0 Å². The van der Waals surface area contributed by atoms with E-state index in [-0.39, 0.29) is 5.57 Å². The number of hydrogen-bond donors (Lipinski definition) is 0. The number of hydrogen-bond acceptors (Lipinski definition) is 3. The number of carbonyl (C=O) groups is 3. The van der Waals surface area contributed by atoms with Crippen LogP contribution >= 0.6 is 11.6 Å². The molecule has 0 atom stereocenters. The first-order chi connectivity index (χ1) is 14.9. The van der Waals surface area contributed by atoms with Crippen molar-refractivity contribution in [1.29, 1.82) is 0 Å². The molecule has 6 heteroatoms. The fraction of sp³-hybridized carbons (Fsp3) is 0.0800. The molecule has 0 aliphatic carbocycles. The van der Waals surface area contributed by atoms with E-state index in [1.54, 1.807) is 60.7 Å². The van der Waals surface area contributed by atoms with Crippen molar-refractivity contribution < 1.29 is 14.4 Å². The van der Waals surface area contributed by atoms with Crippen LogP contribution in [0.2, 0.25) is 5.02 Å². The third-order valence-electron chi connectivity index (χ3n) is 4.97. The van der Waals surface area contributed by atoms with Crippen molar-refractivity contribution in [2.24, 2.45) is 0 Å². The lowest BCUT2D eigenvalue weighted by Gasteiger charge is -2.34. The summed E-state index contributed by atoms with van der Waals surface area (Å²) in [6.45, 7) is 3.73. The van der Waals surface area contributed by atoms with E-state index < -0.39 is 17.8 Å². The first-order valence-electron chi connectivity index (χ1n) is 9.69. The van der Waals surface area contributed by atoms with E-state index in [4.69, 9.17) is 11.6 Å². The molecule has 1 saturated heterocycles. The van der Waals surface area contributed by atoms with Gasteiger partial charge in [0.1, 0.15) is 5.57 Å². The number of rotatable bonds is 3. The highest BCUT2D eigenvalue weighted by atomic mass is 35.5. The van der Waals surface area contributed by atoms with E-state index in [0.29, 0.717) is 22.0 Å². The molecule has 0 N–H and O–H groups in total. The summed E-state index contributed by atoms with van der Waals surface area (Å²) in [5, 5.41) is 0.400. The Balaban J connectivity index is 1.91. The summed E-state index contributed by atoms with van der Waals surface area (Å²) >= 11 is 6.25. The summed E-state index contributed by atoms with van der Waals surface area (Å²) in [4.78, 5) is 42.2. The van der Waals surface area contributed by atoms with Crippen molar-refractivity contribution in [3.8, 4) is 0 Å². The second kappa shape index (κ2) is 8.20. The second-order valence-electron chi connectivity index (χ2n) is 7.32. The average Bonchev–Trinajstić information content (AvgIpc) is 2.73. The molecule has 1 aliphatic heterocycles. The maximum Gasteiger partial charge on any atom is 0.343 e. The zero-order valence-corrected chi connectivity index (χ0v) is 17.8. The third kappa shape index (κ3) is 3.88. The minimum absolute atomic E-state index is 0.143. The monoisotopic (exact) mass is 430 g/mol. The van der Waals surface area contributed by atoms with Crippen molar-refractivity contribution >= 4 is 46.9 Å². The maximum absolute atomic E-state index is 13.4. The number of urea groups is 1. The largest absolute Gasteiger partial charge is 0.343 e. The van der Waals surface area contributed by atoms with Gasteiger partial charge in [0, 0.05) is 5.02 Å². The number of imide groups is 2. The molecular formula is C25H19ClN2O3. The summed E-state index contributed by atoms with van der Waals surface area (Å²) in [5.74, 6) is -1.38. The van der Waals surface area contributed by atoms with Crippen LogP contribution in [0.1, 0.15) is 16.7 Å². The van der Waals surface area contributed by atoms with E-state index in [9.17, 15) is 14.4 Å². The second-order valence-corrected chi connectivity index (χ2v) is 7.73. The van der Waals surface area contributed by atoms with Gasteiger partial charge in [-0.25, -0.2) is 14.6 Å². The van der Waals surface area contributed by atoms with Gasteiger partial charge in [0.05, 0.1) is 11.4 Å². The molecule has 5 nitrogen and oxygen atoms in total. The lowest BCUT2D eigenvalue weighted by Crippen LogP contribution is -2.57. The Kier molecular flexibility index (Phi) is 5.44. The van der Waals surface area contributed by atoms with Crippen molar-refractivity contribution in [3.05, 3.63) is 100 Å². The van der Waals surface area contributed by atoms with Gasteiger partial charge in [-0.15, -0.1) is 0 Å². The number of benzene rings is 3. The van der Waals surface area contributed by atoms with Crippen LogP contribution in [0.5, 0.6) is 0 Å². The quantitative estimate of drug-likeness (QED) is 0.405. The molecule has 4 rings (SSSR count). The highest BCUT2D eigenvalue weighted by molar-refractivity contribution is 6.46. The Bertz CT molecular complexity index is 1180. The number of carbonyl (C=O) groups excluding carboxylic acids is 3. The lowest BCUT2D eigenvalue weighted by molar-refractivity contribution is -0.121. The molecule has 31 heavy (non-hydrogen) atoms. The van der Waals surface area contributed by atoms with E-state index in [1.165, 1.54) is 6.08 Å². The normalized spacial score (nSPS) is 14.3. The molecule has 154 valence electrons. The molecule has 4 amide bonds. The number of halogens is 1. The number of barbiturate groups is 1. The van der Waals surface area contributed by atoms with Gasteiger partial charge in [0.2, 0.25) is 0 Å². The van der Waals surface area contributed by atoms with Gasteiger partial charge >= 0.3 is 6.03 Å². The smallest absolute Gasteiger partial charge is 0.268 e. The van der Waals surface area contributed by atoms with Crippen LogP contribution in [-0.2, 0) is 9.59 Å². The van der Waals surface area contributed by atoms with Gasteiger partial charge in [-0.1, -0.05) is 54.1 Å². The standard InChI is InChI=1S/C25H19ClN2O3/c1-16-7-5-10-19(13-16)27-23(29)21(15-18-9-3-4-12-22(18)26)24(30)28(25(27)31)20-11-6-8-17(2)14-20/h3-15H,1-2H3. The zero-order valence-electron chi connectivity index (χ0n) is 17.0. The van der Waals surface area contributed by atoms with Crippen molar-refractivity contribution in [1.82, 2.24) is 0 Å². The van der Waals surface area contributed by atoms with E-state index in [0.717, 1.165) is 20.9 Å². The first-order valence-corrected chi connectivity index (χ1v) is 10.1. The Morgan fingerprint density at radius 1 is 0.710 bits per heavy atom. The molecule has 0 bridgehead atoms. The molecule has 0 radical (unpaired) electrons. The molecule has 3 aromatic rings. The van der Waals surface area contributed by atoms with Crippen LogP contribution in [0.4, 0.5) is 16.2 Å². The lowest BCUT2D eigenvalue weighted by atomic mass is 10.0. The maximum atomic E-state index is 13.4. The molecule has 0 unspecified atom stereocenters. The summed E-state index contributed by atoms with van der Waals surface area (Å²) in [5.41, 5.74) is 2.93. The van der Waals surface area contributed by atoms with Crippen LogP contribution in [0, 0.1) is 13.8 Å². The summed E-state index contributed by atoms with van der Waals surface area (Å²) < 4.78 is 0. The van der Waals surface area contributed by atoms with Crippen LogP contribution in [0.3, 0.4) is 0 Å². The molecule has 1 heterocycles. The third-order valence-corrected chi connectivity index (χ3v) is 5.32. The minimum atomic E-state index is -0.720. The number of nitrogens with zero attached hydrogens (tertiary/aromatic N) is 2. The molecule has 1 fully saturated rings. The fourth-order valence-corrected chi connectivity index (χ4v) is 3.66. The van der Waals surface area contributed by atoms with Gasteiger partial charge in [-0.05, 0) is 66.9 Å². The Morgan fingerprint density at radius 3 is 1.71 bits per heavy atom. The highest BCUT2D eigenvalue weighted by Crippen LogP contribution is 2.31. The van der Waals surface area contributed by atoms with Crippen molar-refractivity contribution in [2.75, 3.05) is 9.80 Å². The van der Waals surface area contributed by atoms with Gasteiger partial charge < -0.3 is 0 Å². The highest BCUT2D eigenvalue weighted by Gasteiger charge is 2.43. The Hall–Kier alpha value is -3.70. The molecule has 0 spiro atoms. The first kappa shape index (κ1) is 20.6. The number of aryl methyl sites for hydroxylation is 2. The van der Waals surface area contributed by atoms with Crippen LogP contribution in [-0.4, -0.2) is 17.8 Å². The molecule has 0 saturated carbocycles. The van der Waals surface area contributed by atoms with Gasteiger partial charge in [0.25, 0.3) is 11.8 Å². The van der Waals surface area contributed by atoms with Crippen LogP contribution in [0.15, 0.2) is 78.4 Å². The van der Waals surface area contributed by atoms with Gasteiger partial charge in [-0.3, -0.25) is 9.59 Å². The predicted octanol–water partition coefficient (Wildman–Crippen LogP) is 5.54. The SMILES string of the molecule is Cc1cccc(N2C(=O)C(=Cc3ccccc3Cl)C(=O)N(c3cccc(C)c3)C2=O)c1. The fourth-order valence-electron chi connectivity index (χ4n) is 3.47. The molecule has 0 aromatic heterocycles. The predicted molar refractivity (Wildman–Crippen MR) is 122 cm³/mol.